The Morgan fingerprint density at radius 2 is 1.80 bits per heavy atom. The number of unbranched alkanes of at least 4 members (excludes halogenated alkanes) is 1. The van der Waals surface area contributed by atoms with Gasteiger partial charge in [0, 0.05) is 12.6 Å². The Labute approximate surface area is 96.2 Å². The molecule has 0 radical (unpaired) electrons. The van der Waals surface area contributed by atoms with Gasteiger partial charge in [0.15, 0.2) is 0 Å². The van der Waals surface area contributed by atoms with Gasteiger partial charge in [-0.05, 0) is 45.7 Å². The lowest BCUT2D eigenvalue weighted by Gasteiger charge is -2.21. The topological polar surface area (TPSA) is 29.3 Å². The Morgan fingerprint density at radius 1 is 1.13 bits per heavy atom. The van der Waals surface area contributed by atoms with Gasteiger partial charge in [0.25, 0.3) is 0 Å². The zero-order chi connectivity index (χ0) is 11.7. The van der Waals surface area contributed by atoms with Crippen LogP contribution in [0.1, 0.15) is 52.9 Å². The molecule has 92 valence electrons. The molecule has 0 aliphatic heterocycles. The molecule has 2 atom stereocenters. The molecule has 0 aliphatic rings. The van der Waals surface area contributed by atoms with Crippen molar-refractivity contribution < 1.29 is 0 Å². The standard InChI is InChI=1S/C13H30N2/c1-5-6-10-15(4)11-12(2)8-7-9-13(3)14/h12-13H,5-11,14H2,1-4H3. The van der Waals surface area contributed by atoms with Gasteiger partial charge in [-0.2, -0.15) is 0 Å². The van der Waals surface area contributed by atoms with Crippen LogP contribution in [0.3, 0.4) is 0 Å². The average Bonchev–Trinajstić information content (AvgIpc) is 2.14. The fourth-order valence-corrected chi connectivity index (χ4v) is 1.93. The lowest BCUT2D eigenvalue weighted by atomic mass is 10.0. The van der Waals surface area contributed by atoms with Crippen molar-refractivity contribution in [3.8, 4) is 0 Å². The van der Waals surface area contributed by atoms with Crippen molar-refractivity contribution in [2.24, 2.45) is 11.7 Å². The normalized spacial score (nSPS) is 15.6. The van der Waals surface area contributed by atoms with E-state index in [1.807, 2.05) is 0 Å². The summed E-state index contributed by atoms with van der Waals surface area (Å²) >= 11 is 0. The minimum absolute atomic E-state index is 0.370. The highest BCUT2D eigenvalue weighted by molar-refractivity contribution is 4.61. The first-order valence-corrected chi connectivity index (χ1v) is 6.50. The van der Waals surface area contributed by atoms with Crippen LogP contribution in [0.4, 0.5) is 0 Å². The molecule has 0 aromatic carbocycles. The lowest BCUT2D eigenvalue weighted by molar-refractivity contribution is 0.270. The van der Waals surface area contributed by atoms with E-state index in [4.69, 9.17) is 5.73 Å². The first kappa shape index (κ1) is 14.9. The number of hydrogen-bond acceptors (Lipinski definition) is 2. The molecule has 0 bridgehead atoms. The van der Waals surface area contributed by atoms with Gasteiger partial charge in [0.2, 0.25) is 0 Å². The molecule has 0 spiro atoms. The summed E-state index contributed by atoms with van der Waals surface area (Å²) in [6, 6.07) is 0.370. The van der Waals surface area contributed by atoms with E-state index < -0.39 is 0 Å². The third-order valence-electron chi connectivity index (χ3n) is 2.87. The molecular formula is C13H30N2. The Balaban J connectivity index is 3.42. The fourth-order valence-electron chi connectivity index (χ4n) is 1.93. The monoisotopic (exact) mass is 214 g/mol. The maximum Gasteiger partial charge on any atom is 0.00104 e. The predicted octanol–water partition coefficient (Wildman–Crippen LogP) is 2.87. The van der Waals surface area contributed by atoms with Crippen LogP contribution in [-0.2, 0) is 0 Å². The molecule has 2 N–H and O–H groups in total. The van der Waals surface area contributed by atoms with Gasteiger partial charge in [-0.25, -0.2) is 0 Å². The largest absolute Gasteiger partial charge is 0.328 e. The van der Waals surface area contributed by atoms with Crippen LogP contribution >= 0.6 is 0 Å². The summed E-state index contributed by atoms with van der Waals surface area (Å²) in [5, 5.41) is 0. The van der Waals surface area contributed by atoms with Crippen LogP contribution in [0.15, 0.2) is 0 Å². The highest BCUT2D eigenvalue weighted by Crippen LogP contribution is 2.10. The van der Waals surface area contributed by atoms with E-state index in [2.05, 4.69) is 32.7 Å². The quantitative estimate of drug-likeness (QED) is 0.639. The molecule has 15 heavy (non-hydrogen) atoms. The van der Waals surface area contributed by atoms with Gasteiger partial charge in [-0.3, -0.25) is 0 Å². The maximum atomic E-state index is 5.74. The van der Waals surface area contributed by atoms with Gasteiger partial charge in [-0.15, -0.1) is 0 Å². The second-order valence-corrected chi connectivity index (χ2v) is 5.13. The highest BCUT2D eigenvalue weighted by Gasteiger charge is 2.06. The minimum atomic E-state index is 0.370. The summed E-state index contributed by atoms with van der Waals surface area (Å²) in [5.74, 6) is 0.811. The van der Waals surface area contributed by atoms with E-state index in [9.17, 15) is 0 Å². The Morgan fingerprint density at radius 3 is 2.33 bits per heavy atom. The van der Waals surface area contributed by atoms with Crippen molar-refractivity contribution in [2.45, 2.75) is 58.9 Å². The van der Waals surface area contributed by atoms with E-state index in [1.165, 1.54) is 45.2 Å². The summed E-state index contributed by atoms with van der Waals surface area (Å²) < 4.78 is 0. The van der Waals surface area contributed by atoms with Crippen molar-refractivity contribution >= 4 is 0 Å². The molecule has 0 saturated heterocycles. The third-order valence-corrected chi connectivity index (χ3v) is 2.87. The first-order chi connectivity index (χ1) is 7.06. The zero-order valence-corrected chi connectivity index (χ0v) is 11.1. The summed E-state index contributed by atoms with van der Waals surface area (Å²) in [6.45, 7) is 9.18. The zero-order valence-electron chi connectivity index (χ0n) is 11.1. The second kappa shape index (κ2) is 9.17. The number of nitrogens with two attached hydrogens (primary N) is 1. The molecule has 0 aliphatic carbocycles. The van der Waals surface area contributed by atoms with Crippen LogP contribution in [0, 0.1) is 5.92 Å². The molecule has 0 aromatic rings. The van der Waals surface area contributed by atoms with Crippen LogP contribution in [0.2, 0.25) is 0 Å². The summed E-state index contributed by atoms with van der Waals surface area (Å²) in [7, 11) is 2.23. The van der Waals surface area contributed by atoms with Gasteiger partial charge in [-0.1, -0.05) is 26.7 Å². The summed E-state index contributed by atoms with van der Waals surface area (Å²) in [6.07, 6.45) is 6.38. The maximum absolute atomic E-state index is 5.74. The van der Waals surface area contributed by atoms with Crippen molar-refractivity contribution in [2.75, 3.05) is 20.1 Å². The number of rotatable bonds is 9. The molecule has 0 fully saturated rings. The van der Waals surface area contributed by atoms with Gasteiger partial charge < -0.3 is 10.6 Å². The Bertz CT molecular complexity index is 134. The summed E-state index contributed by atoms with van der Waals surface area (Å²) in [5.41, 5.74) is 5.74. The number of nitrogens with zero attached hydrogens (tertiary/aromatic N) is 1. The molecule has 2 heteroatoms. The number of hydrogen-bond donors (Lipinski definition) is 1. The molecule has 0 heterocycles. The van der Waals surface area contributed by atoms with Crippen molar-refractivity contribution in [3.63, 3.8) is 0 Å². The van der Waals surface area contributed by atoms with E-state index in [-0.39, 0.29) is 0 Å². The Hall–Kier alpha value is -0.0800. The molecular weight excluding hydrogens is 184 g/mol. The molecule has 0 aromatic heterocycles. The minimum Gasteiger partial charge on any atom is -0.328 e. The van der Waals surface area contributed by atoms with Crippen LogP contribution in [-0.4, -0.2) is 31.1 Å². The van der Waals surface area contributed by atoms with Crippen LogP contribution in [0.5, 0.6) is 0 Å². The molecule has 0 amide bonds. The molecule has 0 rings (SSSR count). The van der Waals surface area contributed by atoms with E-state index >= 15 is 0 Å². The van der Waals surface area contributed by atoms with Crippen molar-refractivity contribution in [1.29, 1.82) is 0 Å². The molecule has 2 unspecified atom stereocenters. The predicted molar refractivity (Wildman–Crippen MR) is 69.1 cm³/mol. The van der Waals surface area contributed by atoms with Gasteiger partial charge in [0.1, 0.15) is 0 Å². The smallest absolute Gasteiger partial charge is 0.00104 e. The molecule has 0 saturated carbocycles. The third kappa shape index (κ3) is 10.2. The Kier molecular flexibility index (Phi) is 9.12. The fraction of sp³-hybridized carbons (Fsp3) is 1.00. The lowest BCUT2D eigenvalue weighted by Crippen LogP contribution is -2.25. The van der Waals surface area contributed by atoms with Crippen LogP contribution < -0.4 is 5.73 Å². The highest BCUT2D eigenvalue weighted by atomic mass is 15.1. The molecule has 2 nitrogen and oxygen atoms in total. The summed E-state index contributed by atoms with van der Waals surface area (Å²) in [4.78, 5) is 2.46. The van der Waals surface area contributed by atoms with Crippen molar-refractivity contribution in [3.05, 3.63) is 0 Å². The van der Waals surface area contributed by atoms with E-state index in [0.717, 1.165) is 5.92 Å². The second-order valence-electron chi connectivity index (χ2n) is 5.13. The van der Waals surface area contributed by atoms with E-state index in [1.54, 1.807) is 0 Å². The van der Waals surface area contributed by atoms with Gasteiger partial charge in [0.05, 0.1) is 0 Å². The first-order valence-electron chi connectivity index (χ1n) is 6.50. The van der Waals surface area contributed by atoms with Crippen LogP contribution in [0.25, 0.3) is 0 Å². The van der Waals surface area contributed by atoms with Crippen molar-refractivity contribution in [1.82, 2.24) is 4.90 Å². The SMILES string of the molecule is CCCCN(C)CC(C)CCCC(C)N. The average molecular weight is 214 g/mol. The van der Waals surface area contributed by atoms with E-state index in [0.29, 0.717) is 6.04 Å². The van der Waals surface area contributed by atoms with Gasteiger partial charge >= 0.3 is 0 Å².